The van der Waals surface area contributed by atoms with Crippen molar-refractivity contribution in [3.63, 3.8) is 0 Å². The standard InChI is InChI=1S/C8H4F2IN3O2/c9-7(10)5-3-13-8(14(15)16)4(1-2-12)6(5)11/h3,7H,1H2. The van der Waals surface area contributed by atoms with E-state index in [2.05, 4.69) is 4.98 Å². The first-order chi connectivity index (χ1) is 7.49. The third-order valence-corrected chi connectivity index (χ3v) is 3.05. The molecule has 1 aromatic heterocycles. The van der Waals surface area contributed by atoms with Crippen molar-refractivity contribution >= 4 is 28.4 Å². The Balaban J connectivity index is 3.42. The van der Waals surface area contributed by atoms with E-state index in [-0.39, 0.29) is 15.6 Å². The van der Waals surface area contributed by atoms with Crippen LogP contribution < -0.4 is 0 Å². The van der Waals surface area contributed by atoms with Gasteiger partial charge in [0.25, 0.3) is 6.43 Å². The zero-order chi connectivity index (χ0) is 12.3. The average Bonchev–Trinajstić information content (AvgIpc) is 2.20. The molecule has 16 heavy (non-hydrogen) atoms. The molecule has 0 atom stereocenters. The first-order valence-corrected chi connectivity index (χ1v) is 5.03. The summed E-state index contributed by atoms with van der Waals surface area (Å²) in [7, 11) is 0. The summed E-state index contributed by atoms with van der Waals surface area (Å²) in [6.45, 7) is 0. The first kappa shape index (κ1) is 12.7. The third-order valence-electron chi connectivity index (χ3n) is 1.78. The summed E-state index contributed by atoms with van der Waals surface area (Å²) >= 11 is 1.56. The van der Waals surface area contributed by atoms with E-state index in [0.29, 0.717) is 0 Å². The third kappa shape index (κ3) is 2.41. The van der Waals surface area contributed by atoms with Crippen LogP contribution in [0.2, 0.25) is 0 Å². The van der Waals surface area contributed by atoms with Crippen molar-refractivity contribution in [1.82, 2.24) is 4.98 Å². The summed E-state index contributed by atoms with van der Waals surface area (Å²) in [6, 6.07) is 1.69. The number of hydrogen-bond acceptors (Lipinski definition) is 4. The van der Waals surface area contributed by atoms with Gasteiger partial charge in [-0.25, -0.2) is 8.78 Å². The molecular formula is C8H4F2IN3O2. The van der Waals surface area contributed by atoms with Gasteiger partial charge in [0.1, 0.15) is 6.20 Å². The monoisotopic (exact) mass is 339 g/mol. The maximum absolute atomic E-state index is 12.5. The van der Waals surface area contributed by atoms with Gasteiger partial charge in [0.05, 0.1) is 23.6 Å². The molecule has 0 bridgehead atoms. The smallest absolute Gasteiger partial charge is 0.358 e. The molecule has 0 radical (unpaired) electrons. The molecule has 0 amide bonds. The summed E-state index contributed by atoms with van der Waals surface area (Å²) in [6.07, 6.45) is -2.31. The van der Waals surface area contributed by atoms with E-state index in [1.165, 1.54) is 0 Å². The number of nitro groups is 1. The highest BCUT2D eigenvalue weighted by atomic mass is 127. The molecule has 0 saturated carbocycles. The van der Waals surface area contributed by atoms with Gasteiger partial charge >= 0.3 is 5.82 Å². The van der Waals surface area contributed by atoms with Gasteiger partial charge in [-0.05, 0) is 32.5 Å². The molecule has 0 fully saturated rings. The number of aromatic nitrogens is 1. The van der Waals surface area contributed by atoms with Gasteiger partial charge in [0.15, 0.2) is 0 Å². The van der Waals surface area contributed by atoms with Gasteiger partial charge in [-0.3, -0.25) is 0 Å². The Labute approximate surface area is 102 Å². The molecule has 8 heteroatoms. The van der Waals surface area contributed by atoms with Crippen molar-refractivity contribution in [1.29, 1.82) is 5.26 Å². The van der Waals surface area contributed by atoms with E-state index >= 15 is 0 Å². The van der Waals surface area contributed by atoms with Crippen LogP contribution in [-0.4, -0.2) is 9.91 Å². The predicted octanol–water partition coefficient (Wildman–Crippen LogP) is 2.60. The topological polar surface area (TPSA) is 79.8 Å². The van der Waals surface area contributed by atoms with E-state index in [1.54, 1.807) is 28.7 Å². The van der Waals surface area contributed by atoms with Gasteiger partial charge in [0.2, 0.25) is 0 Å². The van der Waals surface area contributed by atoms with Crippen LogP contribution in [0.4, 0.5) is 14.6 Å². The van der Waals surface area contributed by atoms with Gasteiger partial charge in [-0.1, -0.05) is 0 Å². The number of rotatable bonds is 3. The second-order valence-corrected chi connectivity index (χ2v) is 3.80. The van der Waals surface area contributed by atoms with Crippen LogP contribution in [0.25, 0.3) is 0 Å². The minimum absolute atomic E-state index is 0.0239. The Morgan fingerprint density at radius 3 is 2.75 bits per heavy atom. The second kappa shape index (κ2) is 5.11. The fourth-order valence-electron chi connectivity index (χ4n) is 1.08. The number of pyridine rings is 1. The lowest BCUT2D eigenvalue weighted by Crippen LogP contribution is -2.04. The summed E-state index contributed by atoms with van der Waals surface area (Å²) in [5.41, 5.74) is -0.456. The molecule has 0 aliphatic rings. The van der Waals surface area contributed by atoms with Crippen LogP contribution in [0.15, 0.2) is 6.20 Å². The van der Waals surface area contributed by atoms with E-state index in [0.717, 1.165) is 6.20 Å². The Kier molecular flexibility index (Phi) is 4.05. The lowest BCUT2D eigenvalue weighted by molar-refractivity contribution is -0.390. The highest BCUT2D eigenvalue weighted by Crippen LogP contribution is 2.30. The zero-order valence-electron chi connectivity index (χ0n) is 7.65. The average molecular weight is 339 g/mol. The minimum Gasteiger partial charge on any atom is -0.358 e. The molecule has 0 aromatic carbocycles. The van der Waals surface area contributed by atoms with Gasteiger partial charge in [0, 0.05) is 3.57 Å². The van der Waals surface area contributed by atoms with Crippen LogP contribution in [-0.2, 0) is 6.42 Å². The van der Waals surface area contributed by atoms with Crippen molar-refractivity contribution < 1.29 is 13.7 Å². The molecule has 1 heterocycles. The summed E-state index contributed by atoms with van der Waals surface area (Å²) < 4.78 is 25.0. The van der Waals surface area contributed by atoms with E-state index in [9.17, 15) is 18.9 Å². The molecule has 0 spiro atoms. The summed E-state index contributed by atoms with van der Waals surface area (Å²) in [5, 5.41) is 19.1. The van der Waals surface area contributed by atoms with Gasteiger partial charge in [-0.15, -0.1) is 0 Å². The molecule has 84 valence electrons. The number of nitrogens with zero attached hydrogens (tertiary/aromatic N) is 3. The zero-order valence-corrected chi connectivity index (χ0v) is 9.81. The van der Waals surface area contributed by atoms with Crippen molar-refractivity contribution in [3.05, 3.63) is 31.0 Å². The molecule has 0 N–H and O–H groups in total. The van der Waals surface area contributed by atoms with Crippen LogP contribution in [0.5, 0.6) is 0 Å². The van der Waals surface area contributed by atoms with Crippen molar-refractivity contribution in [2.75, 3.05) is 0 Å². The quantitative estimate of drug-likeness (QED) is 0.482. The van der Waals surface area contributed by atoms with Crippen LogP contribution in [0.1, 0.15) is 17.6 Å². The SMILES string of the molecule is N#CCc1c([N+](=O)[O-])ncc(C(F)F)c1I. The molecular weight excluding hydrogens is 335 g/mol. The predicted molar refractivity (Wildman–Crippen MR) is 57.9 cm³/mol. The highest BCUT2D eigenvalue weighted by molar-refractivity contribution is 14.1. The molecule has 5 nitrogen and oxygen atoms in total. The molecule has 1 aromatic rings. The van der Waals surface area contributed by atoms with E-state index in [4.69, 9.17) is 5.26 Å². The molecule has 0 saturated heterocycles. The largest absolute Gasteiger partial charge is 0.368 e. The van der Waals surface area contributed by atoms with Crippen molar-refractivity contribution in [3.8, 4) is 6.07 Å². The molecule has 0 aliphatic carbocycles. The molecule has 0 aliphatic heterocycles. The Morgan fingerprint density at radius 1 is 1.69 bits per heavy atom. The van der Waals surface area contributed by atoms with Crippen LogP contribution >= 0.6 is 22.6 Å². The number of hydrogen-bond donors (Lipinski definition) is 0. The number of nitriles is 1. The van der Waals surface area contributed by atoms with Crippen LogP contribution in [0.3, 0.4) is 0 Å². The highest BCUT2D eigenvalue weighted by Gasteiger charge is 2.25. The molecule has 0 unspecified atom stereocenters. The number of alkyl halides is 2. The summed E-state index contributed by atoms with van der Waals surface area (Å²) in [5.74, 6) is -0.546. The van der Waals surface area contributed by atoms with Crippen molar-refractivity contribution in [2.24, 2.45) is 0 Å². The van der Waals surface area contributed by atoms with Gasteiger partial charge < -0.3 is 10.1 Å². The maximum atomic E-state index is 12.5. The Hall–Kier alpha value is -1.37. The minimum atomic E-state index is -2.77. The number of halogens is 3. The maximum Gasteiger partial charge on any atom is 0.368 e. The fraction of sp³-hybridized carbons (Fsp3) is 0.250. The first-order valence-electron chi connectivity index (χ1n) is 3.95. The second-order valence-electron chi connectivity index (χ2n) is 2.72. The lowest BCUT2D eigenvalue weighted by Gasteiger charge is -2.05. The normalized spacial score (nSPS) is 10.2. The van der Waals surface area contributed by atoms with Gasteiger partial charge in [-0.2, -0.15) is 5.26 Å². The van der Waals surface area contributed by atoms with E-state index < -0.39 is 22.7 Å². The van der Waals surface area contributed by atoms with E-state index in [1.807, 2.05) is 0 Å². The molecule has 1 rings (SSSR count). The van der Waals surface area contributed by atoms with Crippen molar-refractivity contribution in [2.45, 2.75) is 12.8 Å². The Morgan fingerprint density at radius 2 is 2.31 bits per heavy atom. The summed E-state index contributed by atoms with van der Waals surface area (Å²) in [4.78, 5) is 13.1. The van der Waals surface area contributed by atoms with Crippen LogP contribution in [0, 0.1) is 25.0 Å². The Bertz CT molecular complexity index is 473. The fourth-order valence-corrected chi connectivity index (χ4v) is 1.89. The lowest BCUT2D eigenvalue weighted by atomic mass is 10.1.